The number of H-pyrrole nitrogens is 1. The quantitative estimate of drug-likeness (QED) is 0.817. The molecule has 18 heavy (non-hydrogen) atoms. The Bertz CT molecular complexity index is 467. The van der Waals surface area contributed by atoms with Crippen molar-refractivity contribution in [3.8, 4) is 0 Å². The number of carbonyl (C=O) groups is 1. The number of piperidine rings is 1. The molecular formula is C13H19N3O2. The molecule has 1 unspecified atom stereocenters. The average molecular weight is 249 g/mol. The van der Waals surface area contributed by atoms with Crippen LogP contribution in [-0.2, 0) is 0 Å². The summed E-state index contributed by atoms with van der Waals surface area (Å²) in [6, 6.07) is 1.39. The van der Waals surface area contributed by atoms with E-state index in [1.807, 2.05) is 7.05 Å². The number of aromatic amines is 1. The first-order valence-corrected chi connectivity index (χ1v) is 6.33. The van der Waals surface area contributed by atoms with Gasteiger partial charge < -0.3 is 15.2 Å². The van der Waals surface area contributed by atoms with Crippen LogP contribution in [0.2, 0.25) is 0 Å². The molecule has 1 aromatic rings. The molecule has 0 aliphatic carbocycles. The smallest absolute Gasteiger partial charge is 0.259 e. The van der Waals surface area contributed by atoms with Crippen molar-refractivity contribution < 1.29 is 4.79 Å². The van der Waals surface area contributed by atoms with Crippen LogP contribution in [0, 0.1) is 5.92 Å². The zero-order valence-electron chi connectivity index (χ0n) is 10.6. The first kappa shape index (κ1) is 12.8. The number of pyridine rings is 1. The molecule has 0 bridgehead atoms. The predicted molar refractivity (Wildman–Crippen MR) is 69.6 cm³/mol. The summed E-state index contributed by atoms with van der Waals surface area (Å²) < 4.78 is 0. The molecule has 5 nitrogen and oxygen atoms in total. The molecule has 1 atom stereocenters. The van der Waals surface area contributed by atoms with Gasteiger partial charge in [0, 0.05) is 31.5 Å². The molecule has 1 aromatic heterocycles. The van der Waals surface area contributed by atoms with Gasteiger partial charge in [-0.3, -0.25) is 9.59 Å². The maximum absolute atomic E-state index is 12.3. The lowest BCUT2D eigenvalue weighted by Crippen LogP contribution is -2.43. The lowest BCUT2D eigenvalue weighted by molar-refractivity contribution is 0.0672. The third kappa shape index (κ3) is 2.79. The molecule has 1 aliphatic heterocycles. The molecule has 0 spiro atoms. The first-order valence-electron chi connectivity index (χ1n) is 6.33. The minimum Gasteiger partial charge on any atom is -0.367 e. The van der Waals surface area contributed by atoms with E-state index >= 15 is 0 Å². The number of hydrogen-bond donors (Lipinski definition) is 2. The Morgan fingerprint density at radius 2 is 2.44 bits per heavy atom. The van der Waals surface area contributed by atoms with Crippen molar-refractivity contribution >= 4 is 5.91 Å². The first-order chi connectivity index (χ1) is 8.72. The van der Waals surface area contributed by atoms with E-state index in [1.54, 1.807) is 11.1 Å². The number of nitrogens with zero attached hydrogens (tertiary/aromatic N) is 1. The van der Waals surface area contributed by atoms with E-state index in [4.69, 9.17) is 0 Å². The van der Waals surface area contributed by atoms with Crippen LogP contribution in [0.15, 0.2) is 23.3 Å². The van der Waals surface area contributed by atoms with E-state index in [-0.39, 0.29) is 16.9 Å². The Morgan fingerprint density at radius 1 is 1.61 bits per heavy atom. The van der Waals surface area contributed by atoms with Gasteiger partial charge >= 0.3 is 0 Å². The highest BCUT2D eigenvalue weighted by Gasteiger charge is 2.25. The van der Waals surface area contributed by atoms with Crippen LogP contribution in [0.4, 0.5) is 0 Å². The maximum atomic E-state index is 12.3. The number of likely N-dealkylation sites (tertiary alicyclic amines) is 1. The number of nitrogens with one attached hydrogen (secondary N) is 2. The summed E-state index contributed by atoms with van der Waals surface area (Å²) in [6.45, 7) is 2.39. The second kappa shape index (κ2) is 5.82. The lowest BCUT2D eigenvalue weighted by Gasteiger charge is -2.32. The van der Waals surface area contributed by atoms with Crippen LogP contribution in [0.25, 0.3) is 0 Å². The van der Waals surface area contributed by atoms with Crippen LogP contribution < -0.4 is 10.7 Å². The minimum atomic E-state index is -0.213. The van der Waals surface area contributed by atoms with Crippen molar-refractivity contribution in [2.24, 2.45) is 5.92 Å². The van der Waals surface area contributed by atoms with Gasteiger partial charge in [0.2, 0.25) is 0 Å². The maximum Gasteiger partial charge on any atom is 0.259 e. The number of hydrogen-bond acceptors (Lipinski definition) is 3. The Hall–Kier alpha value is -1.62. The Labute approximate surface area is 106 Å². The summed E-state index contributed by atoms with van der Waals surface area (Å²) in [7, 11) is 1.92. The summed E-state index contributed by atoms with van der Waals surface area (Å²) in [5.74, 6) is 0.327. The SMILES string of the molecule is CNCC1CCCN(C(=O)c2c[nH]ccc2=O)C1. The number of amides is 1. The van der Waals surface area contributed by atoms with Crippen molar-refractivity contribution in [2.45, 2.75) is 12.8 Å². The molecule has 1 saturated heterocycles. The highest BCUT2D eigenvalue weighted by Crippen LogP contribution is 2.17. The molecule has 2 N–H and O–H groups in total. The van der Waals surface area contributed by atoms with Gasteiger partial charge in [0.25, 0.3) is 5.91 Å². The molecule has 2 rings (SSSR count). The predicted octanol–water partition coefficient (Wildman–Crippen LogP) is 0.446. The van der Waals surface area contributed by atoms with Crippen LogP contribution >= 0.6 is 0 Å². The summed E-state index contributed by atoms with van der Waals surface area (Å²) in [5.41, 5.74) is 0.0251. The molecule has 5 heteroatoms. The minimum absolute atomic E-state index is 0.155. The van der Waals surface area contributed by atoms with Gasteiger partial charge in [0.1, 0.15) is 5.56 Å². The molecule has 2 heterocycles. The van der Waals surface area contributed by atoms with Gasteiger partial charge in [0.15, 0.2) is 5.43 Å². The topological polar surface area (TPSA) is 65.2 Å². The van der Waals surface area contributed by atoms with E-state index < -0.39 is 0 Å². The molecule has 1 aliphatic rings. The molecular weight excluding hydrogens is 230 g/mol. The third-order valence-electron chi connectivity index (χ3n) is 3.35. The molecule has 0 radical (unpaired) electrons. The van der Waals surface area contributed by atoms with Crippen LogP contribution in [0.3, 0.4) is 0 Å². The van der Waals surface area contributed by atoms with E-state index in [1.165, 1.54) is 12.3 Å². The summed E-state index contributed by atoms with van der Waals surface area (Å²) in [4.78, 5) is 28.5. The molecule has 0 saturated carbocycles. The monoisotopic (exact) mass is 249 g/mol. The van der Waals surface area contributed by atoms with E-state index in [0.29, 0.717) is 5.92 Å². The van der Waals surface area contributed by atoms with E-state index in [2.05, 4.69) is 10.3 Å². The van der Waals surface area contributed by atoms with Crippen LogP contribution in [-0.4, -0.2) is 42.5 Å². The zero-order chi connectivity index (χ0) is 13.0. The van der Waals surface area contributed by atoms with Crippen molar-refractivity contribution in [3.05, 3.63) is 34.2 Å². The zero-order valence-corrected chi connectivity index (χ0v) is 10.6. The van der Waals surface area contributed by atoms with Gasteiger partial charge in [-0.05, 0) is 32.4 Å². The van der Waals surface area contributed by atoms with Crippen molar-refractivity contribution in [1.82, 2.24) is 15.2 Å². The Balaban J connectivity index is 2.09. The largest absolute Gasteiger partial charge is 0.367 e. The van der Waals surface area contributed by atoms with Crippen molar-refractivity contribution in [2.75, 3.05) is 26.7 Å². The Kier molecular flexibility index (Phi) is 4.15. The van der Waals surface area contributed by atoms with Gasteiger partial charge in [-0.1, -0.05) is 0 Å². The fourth-order valence-electron chi connectivity index (χ4n) is 2.46. The van der Waals surface area contributed by atoms with Crippen molar-refractivity contribution in [1.29, 1.82) is 0 Å². The number of rotatable bonds is 3. The third-order valence-corrected chi connectivity index (χ3v) is 3.35. The molecule has 1 fully saturated rings. The van der Waals surface area contributed by atoms with Crippen LogP contribution in [0.1, 0.15) is 23.2 Å². The van der Waals surface area contributed by atoms with Gasteiger partial charge in [-0.2, -0.15) is 0 Å². The lowest BCUT2D eigenvalue weighted by atomic mass is 9.97. The van der Waals surface area contributed by atoms with Gasteiger partial charge in [-0.25, -0.2) is 0 Å². The van der Waals surface area contributed by atoms with Crippen LogP contribution in [0.5, 0.6) is 0 Å². The second-order valence-electron chi connectivity index (χ2n) is 4.74. The fourth-order valence-corrected chi connectivity index (χ4v) is 2.46. The number of aromatic nitrogens is 1. The second-order valence-corrected chi connectivity index (χ2v) is 4.74. The van der Waals surface area contributed by atoms with Gasteiger partial charge in [0.05, 0.1) is 0 Å². The average Bonchev–Trinajstić information content (AvgIpc) is 2.39. The summed E-state index contributed by atoms with van der Waals surface area (Å²) >= 11 is 0. The Morgan fingerprint density at radius 3 is 3.17 bits per heavy atom. The summed E-state index contributed by atoms with van der Waals surface area (Å²) in [5, 5.41) is 3.14. The van der Waals surface area contributed by atoms with E-state index in [9.17, 15) is 9.59 Å². The highest BCUT2D eigenvalue weighted by atomic mass is 16.2. The summed E-state index contributed by atoms with van der Waals surface area (Å²) in [6.07, 6.45) is 5.17. The van der Waals surface area contributed by atoms with E-state index in [0.717, 1.165) is 32.5 Å². The highest BCUT2D eigenvalue weighted by molar-refractivity contribution is 5.93. The number of carbonyl (C=O) groups excluding carboxylic acids is 1. The standard InChI is InChI=1S/C13H19N3O2/c1-14-7-10-3-2-6-16(9-10)13(18)11-8-15-5-4-12(11)17/h4-5,8,10,14H,2-3,6-7,9H2,1H3,(H,15,17). The fraction of sp³-hybridized carbons (Fsp3) is 0.538. The van der Waals surface area contributed by atoms with Crippen molar-refractivity contribution in [3.63, 3.8) is 0 Å². The molecule has 0 aromatic carbocycles. The normalized spacial score (nSPS) is 19.8. The molecule has 1 amide bonds. The van der Waals surface area contributed by atoms with Gasteiger partial charge in [-0.15, -0.1) is 0 Å². The molecule has 98 valence electrons.